The van der Waals surface area contributed by atoms with Crippen LogP contribution in [0.4, 0.5) is 13.2 Å². The first-order chi connectivity index (χ1) is 12.1. The van der Waals surface area contributed by atoms with Crippen LogP contribution in [0.3, 0.4) is 0 Å². The summed E-state index contributed by atoms with van der Waals surface area (Å²) >= 11 is 2.99. The molecule has 0 bridgehead atoms. The molecule has 10 heteroatoms. The molecule has 0 heterocycles. The number of ether oxygens (including phenoxy) is 2. The smallest absolute Gasteiger partial charge is 0.497 e. The summed E-state index contributed by atoms with van der Waals surface area (Å²) in [5.74, 6) is -0.181. The molecule has 0 atom stereocenters. The lowest BCUT2D eigenvalue weighted by Gasteiger charge is -2.14. The maximum atomic E-state index is 12.5. The van der Waals surface area contributed by atoms with E-state index in [0.717, 1.165) is 17.7 Å². The van der Waals surface area contributed by atoms with Crippen LogP contribution in [-0.2, 0) is 16.4 Å². The fraction of sp³-hybridized carbons (Fsp3) is 0.250. The van der Waals surface area contributed by atoms with Gasteiger partial charge in [0.15, 0.2) is 5.75 Å². The largest absolute Gasteiger partial charge is 0.573 e. The molecule has 0 saturated heterocycles. The normalized spacial score (nSPS) is 12.0. The third kappa shape index (κ3) is 5.89. The molecular formula is C16H15BrF3NO4S. The molecule has 5 nitrogen and oxygen atoms in total. The minimum absolute atomic E-state index is 0.00295. The molecule has 0 unspecified atom stereocenters. The third-order valence-corrected chi connectivity index (χ3v) is 5.25. The standard InChI is InChI=1S/C16H15BrF3NO4S/c1-24-13-4-2-3-11(9-13)7-8-21-26(22,23)15-6-5-12(17)10-14(15)25-16(18,19)20/h2-6,9-10,21H,7-8H2,1H3. The Morgan fingerprint density at radius 1 is 1.15 bits per heavy atom. The van der Waals surface area contributed by atoms with Crippen molar-refractivity contribution >= 4 is 26.0 Å². The maximum absolute atomic E-state index is 12.5. The van der Waals surface area contributed by atoms with Crippen molar-refractivity contribution in [2.45, 2.75) is 17.7 Å². The van der Waals surface area contributed by atoms with Gasteiger partial charge in [-0.2, -0.15) is 0 Å². The van der Waals surface area contributed by atoms with Crippen molar-refractivity contribution in [1.29, 1.82) is 0 Å². The van der Waals surface area contributed by atoms with Crippen LogP contribution in [0, 0.1) is 0 Å². The molecule has 2 aromatic carbocycles. The van der Waals surface area contributed by atoms with E-state index in [9.17, 15) is 21.6 Å². The predicted octanol–water partition coefficient (Wildman–Crippen LogP) is 3.88. The van der Waals surface area contributed by atoms with E-state index in [1.54, 1.807) is 24.3 Å². The maximum Gasteiger partial charge on any atom is 0.573 e. The first-order valence-corrected chi connectivity index (χ1v) is 9.56. The third-order valence-electron chi connectivity index (χ3n) is 3.26. The van der Waals surface area contributed by atoms with Gasteiger partial charge in [-0.1, -0.05) is 28.1 Å². The van der Waals surface area contributed by atoms with E-state index in [-0.39, 0.29) is 11.0 Å². The van der Waals surface area contributed by atoms with Crippen LogP contribution in [0.25, 0.3) is 0 Å². The lowest BCUT2D eigenvalue weighted by Crippen LogP contribution is -2.27. The van der Waals surface area contributed by atoms with Gasteiger partial charge < -0.3 is 9.47 Å². The number of rotatable bonds is 7. The number of alkyl halides is 3. The zero-order valence-electron chi connectivity index (χ0n) is 13.5. The van der Waals surface area contributed by atoms with Gasteiger partial charge in [0, 0.05) is 11.0 Å². The first kappa shape index (κ1) is 20.5. The van der Waals surface area contributed by atoms with Gasteiger partial charge in [-0.05, 0) is 42.3 Å². The van der Waals surface area contributed by atoms with Gasteiger partial charge in [0.05, 0.1) is 7.11 Å². The molecule has 0 saturated carbocycles. The van der Waals surface area contributed by atoms with Crippen molar-refractivity contribution in [2.75, 3.05) is 13.7 Å². The molecule has 0 aromatic heterocycles. The van der Waals surface area contributed by atoms with E-state index in [4.69, 9.17) is 4.74 Å². The summed E-state index contributed by atoms with van der Waals surface area (Å²) < 4.78 is 73.7. The molecule has 142 valence electrons. The number of methoxy groups -OCH3 is 1. The van der Waals surface area contributed by atoms with Gasteiger partial charge >= 0.3 is 6.36 Å². The van der Waals surface area contributed by atoms with Crippen LogP contribution in [0.5, 0.6) is 11.5 Å². The molecule has 0 aliphatic carbocycles. The van der Waals surface area contributed by atoms with Crippen LogP contribution >= 0.6 is 15.9 Å². The fourth-order valence-electron chi connectivity index (χ4n) is 2.14. The Bertz CT molecular complexity index is 872. The number of benzene rings is 2. The Morgan fingerprint density at radius 3 is 2.54 bits per heavy atom. The quantitative estimate of drug-likeness (QED) is 0.690. The van der Waals surface area contributed by atoms with Gasteiger partial charge in [0.1, 0.15) is 10.6 Å². The second-order valence-electron chi connectivity index (χ2n) is 5.14. The Morgan fingerprint density at radius 2 is 1.88 bits per heavy atom. The summed E-state index contributed by atoms with van der Waals surface area (Å²) in [6.07, 6.45) is -4.67. The highest BCUT2D eigenvalue weighted by molar-refractivity contribution is 9.10. The SMILES string of the molecule is COc1cccc(CCNS(=O)(=O)c2ccc(Br)cc2OC(F)(F)F)c1. The lowest BCUT2D eigenvalue weighted by molar-refractivity contribution is -0.275. The van der Waals surface area contributed by atoms with E-state index in [1.165, 1.54) is 13.2 Å². The van der Waals surface area contributed by atoms with Crippen LogP contribution in [0.2, 0.25) is 0 Å². The zero-order valence-corrected chi connectivity index (χ0v) is 15.9. The monoisotopic (exact) mass is 453 g/mol. The van der Waals surface area contributed by atoms with Crippen LogP contribution in [-0.4, -0.2) is 28.4 Å². The van der Waals surface area contributed by atoms with Gasteiger partial charge in [-0.3, -0.25) is 0 Å². The lowest BCUT2D eigenvalue weighted by atomic mass is 10.1. The van der Waals surface area contributed by atoms with Crippen LogP contribution < -0.4 is 14.2 Å². The van der Waals surface area contributed by atoms with E-state index < -0.39 is 27.0 Å². The van der Waals surface area contributed by atoms with E-state index >= 15 is 0 Å². The summed E-state index contributed by atoms with van der Waals surface area (Å²) in [5, 5.41) is 0. The Balaban J connectivity index is 2.14. The number of nitrogens with one attached hydrogen (secondary N) is 1. The topological polar surface area (TPSA) is 64.6 Å². The van der Waals surface area contributed by atoms with E-state index in [2.05, 4.69) is 25.4 Å². The summed E-state index contributed by atoms with van der Waals surface area (Å²) in [4.78, 5) is -0.594. The Kier molecular flexibility index (Phi) is 6.53. The molecule has 0 fully saturated rings. The van der Waals surface area contributed by atoms with Crippen molar-refractivity contribution in [3.05, 3.63) is 52.5 Å². The number of hydrogen-bond acceptors (Lipinski definition) is 4. The molecule has 0 amide bonds. The van der Waals surface area contributed by atoms with Crippen molar-refractivity contribution in [3.63, 3.8) is 0 Å². The average molecular weight is 454 g/mol. The van der Waals surface area contributed by atoms with Crippen molar-refractivity contribution < 1.29 is 31.1 Å². The molecule has 0 radical (unpaired) electrons. The summed E-state index contributed by atoms with van der Waals surface area (Å²) in [6.45, 7) is -0.00295. The van der Waals surface area contributed by atoms with Gasteiger partial charge in [0.2, 0.25) is 10.0 Å². The highest BCUT2D eigenvalue weighted by atomic mass is 79.9. The molecule has 26 heavy (non-hydrogen) atoms. The molecular weight excluding hydrogens is 439 g/mol. The van der Waals surface area contributed by atoms with E-state index in [1.807, 2.05) is 0 Å². The van der Waals surface area contributed by atoms with E-state index in [0.29, 0.717) is 12.2 Å². The summed E-state index contributed by atoms with van der Waals surface area (Å²) in [6, 6.07) is 10.3. The zero-order chi connectivity index (χ0) is 19.4. The van der Waals surface area contributed by atoms with Gasteiger partial charge in [-0.25, -0.2) is 13.1 Å². The van der Waals surface area contributed by atoms with Crippen molar-refractivity contribution in [3.8, 4) is 11.5 Å². The van der Waals surface area contributed by atoms with Crippen molar-refractivity contribution in [1.82, 2.24) is 4.72 Å². The second-order valence-corrected chi connectivity index (χ2v) is 7.79. The molecule has 0 aliphatic rings. The summed E-state index contributed by atoms with van der Waals surface area (Å²) in [7, 11) is -2.68. The second kappa shape index (κ2) is 8.28. The minimum Gasteiger partial charge on any atom is -0.497 e. The van der Waals surface area contributed by atoms with Gasteiger partial charge in [0.25, 0.3) is 0 Å². The van der Waals surface area contributed by atoms with Gasteiger partial charge in [-0.15, -0.1) is 13.2 Å². The molecule has 0 spiro atoms. The minimum atomic E-state index is -5.01. The highest BCUT2D eigenvalue weighted by Gasteiger charge is 2.34. The predicted molar refractivity (Wildman–Crippen MR) is 92.7 cm³/mol. The Hall–Kier alpha value is -1.78. The molecule has 0 aliphatic heterocycles. The first-order valence-electron chi connectivity index (χ1n) is 7.28. The fourth-order valence-corrected chi connectivity index (χ4v) is 3.62. The Labute approximate surface area is 157 Å². The summed E-state index contributed by atoms with van der Waals surface area (Å²) in [5.41, 5.74) is 0.814. The average Bonchev–Trinajstić information content (AvgIpc) is 2.53. The highest BCUT2D eigenvalue weighted by Crippen LogP contribution is 2.32. The molecule has 2 rings (SSSR count). The van der Waals surface area contributed by atoms with Crippen LogP contribution in [0.1, 0.15) is 5.56 Å². The van der Waals surface area contributed by atoms with Crippen molar-refractivity contribution in [2.24, 2.45) is 0 Å². The number of sulfonamides is 1. The number of halogens is 4. The molecule has 2 aromatic rings. The molecule has 1 N–H and O–H groups in total. The van der Waals surface area contributed by atoms with Crippen LogP contribution in [0.15, 0.2) is 51.8 Å². The number of hydrogen-bond donors (Lipinski definition) is 1.